The Hall–Kier alpha value is -2.28. The fraction of sp³-hybridized carbons (Fsp3) is 0.467. The third-order valence-corrected chi connectivity index (χ3v) is 4.79. The summed E-state index contributed by atoms with van der Waals surface area (Å²) in [6, 6.07) is 5.50. The van der Waals surface area contributed by atoms with Gasteiger partial charge in [-0.1, -0.05) is 0 Å². The number of anilines is 1. The molecule has 2 bridgehead atoms. The van der Waals surface area contributed by atoms with Crippen molar-refractivity contribution < 1.29 is 19.6 Å². The second-order valence-corrected chi connectivity index (χ2v) is 5.96. The van der Waals surface area contributed by atoms with E-state index in [1.165, 1.54) is 24.3 Å². The average Bonchev–Trinajstić information content (AvgIpc) is 2.71. The van der Waals surface area contributed by atoms with Crippen LogP contribution in [-0.4, -0.2) is 27.8 Å². The number of nitrogens with one attached hydrogen (secondary N) is 1. The lowest BCUT2D eigenvalue weighted by Gasteiger charge is -2.32. The molecular weight excluding hydrogens is 288 g/mol. The van der Waals surface area contributed by atoms with Crippen LogP contribution in [0.4, 0.5) is 11.4 Å². The topological polar surface area (TPSA) is 110 Å². The number of fused-ring (bicyclic) bond motifs is 2. The molecule has 0 spiro atoms. The highest BCUT2D eigenvalue weighted by molar-refractivity contribution is 6.13. The summed E-state index contributed by atoms with van der Waals surface area (Å²) < 4.78 is 0. The van der Waals surface area contributed by atoms with Gasteiger partial charge in [-0.05, 0) is 37.8 Å². The Morgan fingerprint density at radius 1 is 1.27 bits per heavy atom. The third-order valence-electron chi connectivity index (χ3n) is 4.79. The SMILES string of the molecule is O=C(Nc1ccc([N+](=O)[O-])cc1)[C@@]12CCC(O)[C@@H](CC1)C2=O. The molecule has 2 aliphatic carbocycles. The van der Waals surface area contributed by atoms with Gasteiger partial charge in [-0.3, -0.25) is 19.7 Å². The summed E-state index contributed by atoms with van der Waals surface area (Å²) in [4.78, 5) is 35.0. The predicted molar refractivity (Wildman–Crippen MR) is 77.1 cm³/mol. The number of hydrogen-bond donors (Lipinski definition) is 2. The first-order valence-corrected chi connectivity index (χ1v) is 7.22. The van der Waals surface area contributed by atoms with Gasteiger partial charge in [0.15, 0.2) is 5.78 Å². The monoisotopic (exact) mass is 304 g/mol. The summed E-state index contributed by atoms with van der Waals surface area (Å²) in [5.41, 5.74) is -0.688. The number of ketones is 1. The molecule has 7 heteroatoms. The zero-order chi connectivity index (χ0) is 15.9. The van der Waals surface area contributed by atoms with Crippen LogP contribution in [0.15, 0.2) is 24.3 Å². The Morgan fingerprint density at radius 3 is 2.55 bits per heavy atom. The van der Waals surface area contributed by atoms with Crippen molar-refractivity contribution in [2.45, 2.75) is 31.8 Å². The largest absolute Gasteiger partial charge is 0.392 e. The minimum Gasteiger partial charge on any atom is -0.392 e. The van der Waals surface area contributed by atoms with Crippen molar-refractivity contribution >= 4 is 23.1 Å². The predicted octanol–water partition coefficient (Wildman–Crippen LogP) is 1.65. The van der Waals surface area contributed by atoms with Crippen molar-refractivity contribution in [3.8, 4) is 0 Å². The van der Waals surface area contributed by atoms with Crippen LogP contribution in [0.5, 0.6) is 0 Å². The van der Waals surface area contributed by atoms with Crippen molar-refractivity contribution in [1.82, 2.24) is 0 Å². The highest BCUT2D eigenvalue weighted by Gasteiger charge is 2.57. The van der Waals surface area contributed by atoms with Gasteiger partial charge in [0.25, 0.3) is 5.69 Å². The molecule has 1 aromatic rings. The average molecular weight is 304 g/mol. The minimum absolute atomic E-state index is 0.0612. The number of non-ortho nitro benzene ring substituents is 1. The summed E-state index contributed by atoms with van der Waals surface area (Å²) >= 11 is 0. The molecule has 2 saturated carbocycles. The molecular formula is C15H16N2O5. The fourth-order valence-electron chi connectivity index (χ4n) is 3.48. The van der Waals surface area contributed by atoms with Crippen molar-refractivity contribution in [3.05, 3.63) is 34.4 Å². The number of hydrogen-bond acceptors (Lipinski definition) is 5. The van der Waals surface area contributed by atoms with Crippen molar-refractivity contribution in [2.24, 2.45) is 11.3 Å². The quantitative estimate of drug-likeness (QED) is 0.501. The van der Waals surface area contributed by atoms with E-state index in [2.05, 4.69) is 5.32 Å². The smallest absolute Gasteiger partial charge is 0.269 e. The van der Waals surface area contributed by atoms with Crippen LogP contribution >= 0.6 is 0 Å². The van der Waals surface area contributed by atoms with Crippen molar-refractivity contribution in [2.75, 3.05) is 5.32 Å². The van der Waals surface area contributed by atoms with Gasteiger partial charge in [-0.2, -0.15) is 0 Å². The van der Waals surface area contributed by atoms with Gasteiger partial charge in [0.2, 0.25) is 5.91 Å². The molecule has 22 heavy (non-hydrogen) atoms. The number of nitro benzene ring substituents is 1. The number of rotatable bonds is 3. The molecule has 0 heterocycles. The number of aliphatic hydroxyl groups excluding tert-OH is 1. The summed E-state index contributed by atoms with van der Waals surface area (Å²) in [6.45, 7) is 0. The van der Waals surface area contributed by atoms with Gasteiger partial charge in [-0.25, -0.2) is 0 Å². The van der Waals surface area contributed by atoms with Crippen molar-refractivity contribution in [3.63, 3.8) is 0 Å². The lowest BCUT2D eigenvalue weighted by Crippen LogP contribution is -2.46. The summed E-state index contributed by atoms with van der Waals surface area (Å²) in [5.74, 6) is -0.984. The normalized spacial score (nSPS) is 30.1. The molecule has 0 aromatic heterocycles. The molecule has 1 unspecified atom stereocenters. The molecule has 2 fully saturated rings. The second-order valence-electron chi connectivity index (χ2n) is 5.96. The van der Waals surface area contributed by atoms with E-state index in [9.17, 15) is 24.8 Å². The lowest BCUT2D eigenvalue weighted by molar-refractivity contribution is -0.384. The summed E-state index contributed by atoms with van der Waals surface area (Å²) in [5, 5.41) is 23.1. The molecule has 2 N–H and O–H groups in total. The van der Waals surface area contributed by atoms with Crippen LogP contribution in [0.25, 0.3) is 0 Å². The minimum atomic E-state index is -1.05. The number of benzene rings is 1. The van der Waals surface area contributed by atoms with E-state index >= 15 is 0 Å². The summed E-state index contributed by atoms with van der Waals surface area (Å²) in [7, 11) is 0. The summed E-state index contributed by atoms with van der Waals surface area (Å²) in [6.07, 6.45) is 1.14. The number of nitro groups is 1. The standard InChI is InChI=1S/C15H16N2O5/c18-12-6-8-15(7-5-11(12)13(15)19)14(20)16-9-1-3-10(4-2-9)17(21)22/h1-4,11-12,18H,5-8H2,(H,16,20)/t11-,12?,15-/m1/s1. The number of aliphatic hydroxyl groups is 1. The maximum Gasteiger partial charge on any atom is 0.269 e. The van der Waals surface area contributed by atoms with E-state index in [4.69, 9.17) is 0 Å². The Morgan fingerprint density at radius 2 is 1.91 bits per heavy atom. The highest BCUT2D eigenvalue weighted by atomic mass is 16.6. The number of nitrogens with zero attached hydrogens (tertiary/aromatic N) is 1. The third kappa shape index (κ3) is 2.18. The molecule has 7 nitrogen and oxygen atoms in total. The van der Waals surface area contributed by atoms with Gasteiger partial charge in [0.05, 0.1) is 11.0 Å². The molecule has 2 aliphatic rings. The van der Waals surface area contributed by atoms with E-state index in [0.717, 1.165) is 0 Å². The molecule has 1 aromatic carbocycles. The van der Waals surface area contributed by atoms with E-state index in [0.29, 0.717) is 31.4 Å². The molecule has 116 valence electrons. The van der Waals surface area contributed by atoms with Gasteiger partial charge in [0, 0.05) is 23.7 Å². The van der Waals surface area contributed by atoms with Crippen LogP contribution in [0.1, 0.15) is 25.7 Å². The van der Waals surface area contributed by atoms with Crippen LogP contribution in [-0.2, 0) is 9.59 Å². The maximum atomic E-state index is 12.5. The van der Waals surface area contributed by atoms with Crippen LogP contribution < -0.4 is 5.32 Å². The Labute approximate surface area is 126 Å². The molecule has 0 saturated heterocycles. The molecule has 3 rings (SSSR count). The number of Topliss-reactive ketones (excluding diaryl/α,β-unsaturated/α-hetero) is 1. The number of carbonyl (C=O) groups is 2. The first-order chi connectivity index (χ1) is 10.4. The van der Waals surface area contributed by atoms with Gasteiger partial charge in [-0.15, -0.1) is 0 Å². The van der Waals surface area contributed by atoms with Crippen molar-refractivity contribution in [1.29, 1.82) is 0 Å². The molecule has 3 atom stereocenters. The zero-order valence-corrected chi connectivity index (χ0v) is 11.8. The molecule has 1 amide bonds. The maximum absolute atomic E-state index is 12.5. The van der Waals surface area contributed by atoms with Gasteiger partial charge in [0.1, 0.15) is 5.41 Å². The Bertz CT molecular complexity index is 642. The second kappa shape index (κ2) is 5.17. The van der Waals surface area contributed by atoms with Crippen LogP contribution in [0.2, 0.25) is 0 Å². The van der Waals surface area contributed by atoms with E-state index < -0.39 is 22.4 Å². The van der Waals surface area contributed by atoms with Crippen LogP contribution in [0.3, 0.4) is 0 Å². The number of carbonyl (C=O) groups excluding carboxylic acids is 2. The number of amides is 1. The fourth-order valence-corrected chi connectivity index (χ4v) is 3.48. The van der Waals surface area contributed by atoms with E-state index in [-0.39, 0.29) is 17.4 Å². The first-order valence-electron chi connectivity index (χ1n) is 7.22. The van der Waals surface area contributed by atoms with E-state index in [1.807, 2.05) is 0 Å². The zero-order valence-electron chi connectivity index (χ0n) is 11.8. The van der Waals surface area contributed by atoms with E-state index in [1.54, 1.807) is 0 Å². The van der Waals surface area contributed by atoms with Gasteiger partial charge >= 0.3 is 0 Å². The first kappa shape index (κ1) is 14.6. The van der Waals surface area contributed by atoms with Crippen LogP contribution in [0, 0.1) is 21.4 Å². The Balaban J connectivity index is 1.77. The molecule has 0 radical (unpaired) electrons. The lowest BCUT2D eigenvalue weighted by atomic mass is 9.73. The molecule has 0 aliphatic heterocycles. The van der Waals surface area contributed by atoms with Gasteiger partial charge < -0.3 is 10.4 Å². The Kier molecular flexibility index (Phi) is 3.44. The highest BCUT2D eigenvalue weighted by Crippen LogP contribution is 2.49.